The molecule has 1 aliphatic heterocycles. The first kappa shape index (κ1) is 36.3. The van der Waals surface area contributed by atoms with Crippen molar-refractivity contribution in [2.24, 2.45) is 0 Å². The molecule has 0 N–H and O–H groups in total. The van der Waals surface area contributed by atoms with E-state index in [0.29, 0.717) is 39.1 Å². The molecular weight excluding hydrogens is 940 g/mol. The number of fused-ring (bicyclic) bond motifs is 4. The molecule has 0 radical (unpaired) electrons. The van der Waals surface area contributed by atoms with Gasteiger partial charge in [0, 0.05) is 72.5 Å². The SMILES string of the molecule is [2H]c1c([2H])c([2H])c2c(c1[2H])c1ccc(Oc3[c-]c(N4[CH-]N(c5c(-c6ccccc6)cc(C(C)(C)C)cc5-c5ccccc5)c5ccccc54)ccc3)[c-]c1n2-c1cc(C(C)(C)C)ccn1.[Pt]. The molecule has 10 rings (SSSR count). The van der Waals surface area contributed by atoms with Crippen LogP contribution in [0.2, 0.25) is 0 Å². The topological polar surface area (TPSA) is 33.5 Å². The van der Waals surface area contributed by atoms with Gasteiger partial charge in [0.25, 0.3) is 0 Å². The quantitative estimate of drug-likeness (QED) is 0.149. The van der Waals surface area contributed by atoms with E-state index in [1.807, 2.05) is 36.4 Å². The Labute approximate surface area is 385 Å². The molecule has 0 atom stereocenters. The molecule has 5 nitrogen and oxygen atoms in total. The normalized spacial score (nSPS) is 13.6. The van der Waals surface area contributed by atoms with Gasteiger partial charge in [-0.2, -0.15) is 12.1 Å². The molecule has 0 fully saturated rings. The van der Waals surface area contributed by atoms with Gasteiger partial charge in [-0.05, 0) is 80.9 Å². The second-order valence-corrected chi connectivity index (χ2v) is 17.5. The van der Waals surface area contributed by atoms with E-state index in [-0.39, 0.29) is 56.1 Å². The Bertz CT molecular complexity index is 3240. The molecule has 0 spiro atoms. The van der Waals surface area contributed by atoms with E-state index in [4.69, 9.17) is 15.2 Å². The van der Waals surface area contributed by atoms with E-state index >= 15 is 0 Å². The van der Waals surface area contributed by atoms with Crippen molar-refractivity contribution < 1.29 is 31.3 Å². The predicted molar refractivity (Wildman–Crippen MR) is 252 cm³/mol. The van der Waals surface area contributed by atoms with Gasteiger partial charge in [-0.15, -0.1) is 48.1 Å². The van der Waals surface area contributed by atoms with E-state index in [1.54, 1.807) is 16.8 Å². The van der Waals surface area contributed by atoms with Crippen molar-refractivity contribution in [3.05, 3.63) is 200 Å². The Balaban J connectivity index is 0.00000548. The van der Waals surface area contributed by atoms with Crippen LogP contribution in [0.5, 0.6) is 11.5 Å². The number of rotatable bonds is 7. The first-order valence-electron chi connectivity index (χ1n) is 22.6. The van der Waals surface area contributed by atoms with Crippen LogP contribution in [-0.2, 0) is 31.9 Å². The van der Waals surface area contributed by atoms with Crippen LogP contribution in [0.3, 0.4) is 0 Å². The summed E-state index contributed by atoms with van der Waals surface area (Å²) in [7, 11) is 0. The standard InChI is InChI=1S/C56H47N4O.Pt/c1-55(2,3)40-30-31-57-53(34-40)60-49-25-14-13-24-45(49)46-29-28-44(36-52(46)60)61-43-23-17-22-42(35-43)58-37-59(51-27-16-15-26-50(51)58)54-47(38-18-9-7-10-19-38)32-41(56(4,5)6)33-48(54)39-20-11-8-12-21-39;/h7-34,37H,1-6H3;/q-3;/i13D,14D,24D,25D;. The first-order valence-corrected chi connectivity index (χ1v) is 20.6. The molecule has 6 heteroatoms. The number of anilines is 4. The number of aromatic nitrogens is 2. The zero-order valence-electron chi connectivity index (χ0n) is 39.4. The zero-order chi connectivity index (χ0) is 45.4. The monoisotopic (exact) mass is 990 g/mol. The molecule has 0 aliphatic carbocycles. The third-order valence-corrected chi connectivity index (χ3v) is 11.4. The van der Waals surface area contributed by atoms with Crippen LogP contribution in [0.15, 0.2) is 170 Å². The van der Waals surface area contributed by atoms with Crippen molar-refractivity contribution in [3.63, 3.8) is 0 Å². The molecule has 310 valence electrons. The molecule has 0 saturated heterocycles. The minimum Gasteiger partial charge on any atom is -0.509 e. The molecule has 0 saturated carbocycles. The largest absolute Gasteiger partial charge is 0.509 e. The molecular formula is C56H47N4OPt-3. The maximum absolute atomic E-state index is 9.03. The Kier molecular flexibility index (Phi) is 9.43. The van der Waals surface area contributed by atoms with E-state index < -0.39 is 0 Å². The summed E-state index contributed by atoms with van der Waals surface area (Å²) < 4.78 is 43.4. The van der Waals surface area contributed by atoms with Gasteiger partial charge in [-0.1, -0.05) is 138 Å². The predicted octanol–water partition coefficient (Wildman–Crippen LogP) is 14.9. The molecule has 1 aliphatic rings. The number of pyridine rings is 1. The number of nitrogens with zero attached hydrogens (tertiary/aromatic N) is 4. The summed E-state index contributed by atoms with van der Waals surface area (Å²) in [6.45, 7) is 15.3. The molecule has 2 aromatic heterocycles. The third kappa shape index (κ3) is 7.49. The summed E-state index contributed by atoms with van der Waals surface area (Å²) in [4.78, 5) is 9.16. The maximum atomic E-state index is 9.03. The zero-order valence-corrected chi connectivity index (χ0v) is 37.7. The van der Waals surface area contributed by atoms with E-state index in [9.17, 15) is 0 Å². The summed E-state index contributed by atoms with van der Waals surface area (Å²) >= 11 is 0. The van der Waals surface area contributed by atoms with Gasteiger partial charge in [0.2, 0.25) is 0 Å². The minimum absolute atomic E-state index is 0. The fourth-order valence-electron chi connectivity index (χ4n) is 8.16. The van der Waals surface area contributed by atoms with E-state index in [2.05, 4.69) is 167 Å². The average Bonchev–Trinajstić information content (AvgIpc) is 3.86. The Morgan fingerprint density at radius 3 is 1.87 bits per heavy atom. The van der Waals surface area contributed by atoms with Gasteiger partial charge in [-0.3, -0.25) is 0 Å². The van der Waals surface area contributed by atoms with Crippen molar-refractivity contribution in [3.8, 4) is 39.6 Å². The van der Waals surface area contributed by atoms with Crippen molar-refractivity contribution in [1.29, 1.82) is 0 Å². The van der Waals surface area contributed by atoms with Crippen LogP contribution < -0.4 is 14.5 Å². The summed E-state index contributed by atoms with van der Waals surface area (Å²) in [5, 5.41) is 1.01. The number of hydrogen-bond acceptors (Lipinski definition) is 4. The summed E-state index contributed by atoms with van der Waals surface area (Å²) in [5.74, 6) is 1.38. The summed E-state index contributed by atoms with van der Waals surface area (Å²) in [6, 6.07) is 53.8. The van der Waals surface area contributed by atoms with Gasteiger partial charge in [0.05, 0.1) is 5.48 Å². The van der Waals surface area contributed by atoms with Crippen LogP contribution in [0.1, 0.15) is 58.2 Å². The Morgan fingerprint density at radius 2 is 1.21 bits per heavy atom. The average molecular weight is 991 g/mol. The second-order valence-electron chi connectivity index (χ2n) is 17.5. The molecule has 3 heterocycles. The second kappa shape index (κ2) is 16.1. The minimum atomic E-state index is -0.310. The smallest absolute Gasteiger partial charge is 0.135 e. The van der Waals surface area contributed by atoms with Gasteiger partial charge >= 0.3 is 0 Å². The van der Waals surface area contributed by atoms with Gasteiger partial charge < -0.3 is 19.1 Å². The van der Waals surface area contributed by atoms with Crippen LogP contribution in [0.25, 0.3) is 49.9 Å². The molecule has 0 unspecified atom stereocenters. The van der Waals surface area contributed by atoms with Crippen LogP contribution in [0, 0.1) is 18.8 Å². The van der Waals surface area contributed by atoms with Crippen molar-refractivity contribution in [2.45, 2.75) is 52.4 Å². The van der Waals surface area contributed by atoms with Crippen LogP contribution in [-0.4, -0.2) is 9.55 Å². The van der Waals surface area contributed by atoms with Gasteiger partial charge in [-0.25, -0.2) is 4.98 Å². The van der Waals surface area contributed by atoms with Crippen molar-refractivity contribution in [1.82, 2.24) is 9.55 Å². The maximum Gasteiger partial charge on any atom is 0.135 e. The van der Waals surface area contributed by atoms with E-state index in [0.717, 1.165) is 50.6 Å². The first-order chi connectivity index (χ1) is 31.2. The van der Waals surface area contributed by atoms with Gasteiger partial charge in [0.1, 0.15) is 5.82 Å². The number of para-hydroxylation sites is 3. The Hall–Kier alpha value is -6.42. The number of ether oxygens (including phenoxy) is 1. The molecule has 7 aromatic carbocycles. The van der Waals surface area contributed by atoms with Crippen molar-refractivity contribution in [2.75, 3.05) is 9.80 Å². The van der Waals surface area contributed by atoms with Crippen molar-refractivity contribution >= 4 is 44.6 Å². The third-order valence-electron chi connectivity index (χ3n) is 11.4. The molecule has 0 amide bonds. The van der Waals surface area contributed by atoms with Crippen LogP contribution in [0.4, 0.5) is 22.7 Å². The summed E-state index contributed by atoms with van der Waals surface area (Å²) in [6.07, 6.45) is 1.74. The van der Waals surface area contributed by atoms with Crippen LogP contribution >= 0.6 is 0 Å². The fourth-order valence-corrected chi connectivity index (χ4v) is 8.16. The molecule has 0 bridgehead atoms. The fraction of sp³-hybridized carbons (Fsp3) is 0.143. The molecule has 9 aromatic rings. The Morgan fingerprint density at radius 1 is 0.597 bits per heavy atom. The van der Waals surface area contributed by atoms with E-state index in [1.165, 1.54) is 5.56 Å². The molecule has 62 heavy (non-hydrogen) atoms. The van der Waals surface area contributed by atoms with Gasteiger partial charge in [0.15, 0.2) is 0 Å². The number of hydrogen-bond donors (Lipinski definition) is 0. The number of benzene rings is 7. The summed E-state index contributed by atoms with van der Waals surface area (Å²) in [5.41, 5.74) is 11.2.